The quantitative estimate of drug-likeness (QED) is 0.827. The summed E-state index contributed by atoms with van der Waals surface area (Å²) in [6.07, 6.45) is 4.17. The highest BCUT2D eigenvalue weighted by atomic mass is 19.1. The zero-order valence-electron chi connectivity index (χ0n) is 8.88. The van der Waals surface area contributed by atoms with Crippen molar-refractivity contribution in [1.82, 2.24) is 9.55 Å². The molecule has 0 saturated carbocycles. The highest BCUT2D eigenvalue weighted by molar-refractivity contribution is 5.21. The van der Waals surface area contributed by atoms with E-state index < -0.39 is 17.7 Å². The second kappa shape index (κ2) is 5.03. The Labute approximate surface area is 96.6 Å². The van der Waals surface area contributed by atoms with Gasteiger partial charge in [0.15, 0.2) is 0 Å². The zero-order valence-corrected chi connectivity index (χ0v) is 8.88. The molecule has 0 amide bonds. The maximum Gasteiger partial charge on any atom is 0.132 e. The van der Waals surface area contributed by atoms with Crippen molar-refractivity contribution in [2.24, 2.45) is 5.90 Å². The first-order valence-electron chi connectivity index (χ1n) is 4.97. The van der Waals surface area contributed by atoms with E-state index in [1.165, 1.54) is 12.1 Å². The number of aromatic nitrogens is 2. The lowest BCUT2D eigenvalue weighted by atomic mass is 10.1. The van der Waals surface area contributed by atoms with E-state index in [9.17, 15) is 8.78 Å². The molecule has 0 aliphatic heterocycles. The summed E-state index contributed by atoms with van der Waals surface area (Å²) in [6, 6.07) is 3.28. The number of rotatable bonds is 4. The minimum absolute atomic E-state index is 0.211. The molecule has 6 heteroatoms. The van der Waals surface area contributed by atoms with Crippen LogP contribution in [0.4, 0.5) is 8.78 Å². The zero-order chi connectivity index (χ0) is 12.3. The first kappa shape index (κ1) is 11.7. The van der Waals surface area contributed by atoms with Crippen LogP contribution in [-0.2, 0) is 11.4 Å². The molecule has 0 spiro atoms. The topological polar surface area (TPSA) is 53.1 Å². The number of hydrogen-bond acceptors (Lipinski definition) is 3. The van der Waals surface area contributed by atoms with Gasteiger partial charge < -0.3 is 4.57 Å². The van der Waals surface area contributed by atoms with E-state index in [1.807, 2.05) is 0 Å². The number of halogens is 2. The SMILES string of the molecule is NOC(Cn1ccnc1)c1ccc(F)cc1F. The maximum absolute atomic E-state index is 13.5. The second-order valence-corrected chi connectivity index (χ2v) is 3.55. The van der Waals surface area contributed by atoms with E-state index in [1.54, 1.807) is 23.3 Å². The third kappa shape index (κ3) is 2.66. The van der Waals surface area contributed by atoms with Gasteiger partial charge in [-0.1, -0.05) is 6.07 Å². The molecular weight excluding hydrogens is 228 g/mol. The van der Waals surface area contributed by atoms with Gasteiger partial charge in [-0.3, -0.25) is 4.84 Å². The molecule has 90 valence electrons. The fraction of sp³-hybridized carbons (Fsp3) is 0.182. The normalized spacial score (nSPS) is 12.6. The lowest BCUT2D eigenvalue weighted by Crippen LogP contribution is -2.16. The van der Waals surface area contributed by atoms with Gasteiger partial charge in [-0.05, 0) is 6.07 Å². The standard InChI is InChI=1S/C11H11F2N3O/c12-8-1-2-9(10(13)5-8)11(17-14)6-16-4-3-15-7-16/h1-5,7,11H,6,14H2. The highest BCUT2D eigenvalue weighted by Crippen LogP contribution is 2.21. The third-order valence-electron chi connectivity index (χ3n) is 2.41. The maximum atomic E-state index is 13.5. The molecule has 1 aromatic heterocycles. The predicted molar refractivity (Wildman–Crippen MR) is 56.6 cm³/mol. The van der Waals surface area contributed by atoms with E-state index in [-0.39, 0.29) is 5.56 Å². The van der Waals surface area contributed by atoms with Crippen molar-refractivity contribution in [3.8, 4) is 0 Å². The lowest BCUT2D eigenvalue weighted by molar-refractivity contribution is 0.0377. The Bertz CT molecular complexity index is 487. The summed E-state index contributed by atoms with van der Waals surface area (Å²) in [5.74, 6) is 3.82. The number of nitrogens with zero attached hydrogens (tertiary/aromatic N) is 2. The van der Waals surface area contributed by atoms with E-state index in [0.717, 1.165) is 6.07 Å². The highest BCUT2D eigenvalue weighted by Gasteiger charge is 2.17. The van der Waals surface area contributed by atoms with Crippen molar-refractivity contribution in [2.45, 2.75) is 12.6 Å². The van der Waals surface area contributed by atoms with Crippen molar-refractivity contribution in [1.29, 1.82) is 0 Å². The van der Waals surface area contributed by atoms with Crippen LogP contribution < -0.4 is 5.90 Å². The molecule has 0 saturated heterocycles. The second-order valence-electron chi connectivity index (χ2n) is 3.55. The smallest absolute Gasteiger partial charge is 0.132 e. The van der Waals surface area contributed by atoms with Gasteiger partial charge in [0.1, 0.15) is 17.7 Å². The van der Waals surface area contributed by atoms with Crippen LogP contribution in [0.15, 0.2) is 36.9 Å². The van der Waals surface area contributed by atoms with Crippen LogP contribution in [0.2, 0.25) is 0 Å². The molecule has 0 fully saturated rings. The van der Waals surface area contributed by atoms with Crippen LogP contribution in [0.25, 0.3) is 0 Å². The first-order valence-corrected chi connectivity index (χ1v) is 4.97. The molecule has 0 aliphatic rings. The molecule has 0 bridgehead atoms. The number of imidazole rings is 1. The summed E-state index contributed by atoms with van der Waals surface area (Å²) >= 11 is 0. The minimum atomic E-state index is -0.690. The van der Waals surface area contributed by atoms with Crippen LogP contribution >= 0.6 is 0 Å². The van der Waals surface area contributed by atoms with Crippen LogP contribution in [0.3, 0.4) is 0 Å². The Morgan fingerprint density at radius 1 is 1.41 bits per heavy atom. The van der Waals surface area contributed by atoms with E-state index in [0.29, 0.717) is 6.54 Å². The average molecular weight is 239 g/mol. The molecule has 17 heavy (non-hydrogen) atoms. The van der Waals surface area contributed by atoms with E-state index in [4.69, 9.17) is 10.7 Å². The molecule has 2 N–H and O–H groups in total. The molecule has 2 rings (SSSR count). The summed E-state index contributed by atoms with van der Waals surface area (Å²) in [5.41, 5.74) is 0.211. The molecule has 1 atom stereocenters. The van der Waals surface area contributed by atoms with Crippen LogP contribution in [0, 0.1) is 11.6 Å². The number of hydrogen-bond donors (Lipinski definition) is 1. The average Bonchev–Trinajstić information content (AvgIpc) is 2.79. The fourth-order valence-electron chi connectivity index (χ4n) is 1.56. The van der Waals surface area contributed by atoms with Crippen LogP contribution in [0.1, 0.15) is 11.7 Å². The molecule has 0 aliphatic carbocycles. The van der Waals surface area contributed by atoms with Gasteiger partial charge in [0, 0.05) is 24.0 Å². The van der Waals surface area contributed by atoms with Gasteiger partial charge in [0.05, 0.1) is 12.9 Å². The minimum Gasteiger partial charge on any atom is -0.334 e. The summed E-state index contributed by atoms with van der Waals surface area (Å²) in [6.45, 7) is 0.305. The van der Waals surface area contributed by atoms with Crippen molar-refractivity contribution >= 4 is 0 Å². The van der Waals surface area contributed by atoms with Crippen LogP contribution in [-0.4, -0.2) is 9.55 Å². The Balaban J connectivity index is 2.23. The van der Waals surface area contributed by atoms with Crippen molar-refractivity contribution < 1.29 is 13.6 Å². The monoisotopic (exact) mass is 239 g/mol. The molecule has 0 radical (unpaired) electrons. The summed E-state index contributed by atoms with van der Waals surface area (Å²) in [4.78, 5) is 8.57. The Hall–Kier alpha value is -1.79. The summed E-state index contributed by atoms with van der Waals surface area (Å²) in [5, 5.41) is 0. The van der Waals surface area contributed by atoms with Crippen molar-refractivity contribution in [3.05, 3.63) is 54.1 Å². The number of nitrogens with two attached hydrogens (primary N) is 1. The van der Waals surface area contributed by atoms with Gasteiger partial charge in [0.25, 0.3) is 0 Å². The summed E-state index contributed by atoms with van der Waals surface area (Å²) in [7, 11) is 0. The largest absolute Gasteiger partial charge is 0.334 e. The van der Waals surface area contributed by atoms with Gasteiger partial charge in [-0.25, -0.2) is 19.7 Å². The molecule has 4 nitrogen and oxygen atoms in total. The van der Waals surface area contributed by atoms with Crippen molar-refractivity contribution in [2.75, 3.05) is 0 Å². The first-order chi connectivity index (χ1) is 8.20. The van der Waals surface area contributed by atoms with Gasteiger partial charge in [-0.15, -0.1) is 0 Å². The van der Waals surface area contributed by atoms with Gasteiger partial charge >= 0.3 is 0 Å². The predicted octanol–water partition coefficient (Wildman–Crippen LogP) is 1.79. The fourth-order valence-corrected chi connectivity index (χ4v) is 1.56. The Morgan fingerprint density at radius 3 is 2.82 bits per heavy atom. The number of benzene rings is 1. The molecule has 1 unspecified atom stereocenters. The Morgan fingerprint density at radius 2 is 2.24 bits per heavy atom. The third-order valence-corrected chi connectivity index (χ3v) is 2.41. The van der Waals surface area contributed by atoms with E-state index >= 15 is 0 Å². The molecule has 1 aromatic carbocycles. The molecule has 2 aromatic rings. The summed E-state index contributed by atoms with van der Waals surface area (Å²) < 4.78 is 28.0. The van der Waals surface area contributed by atoms with Crippen LogP contribution in [0.5, 0.6) is 0 Å². The molecular formula is C11H11F2N3O. The van der Waals surface area contributed by atoms with Gasteiger partial charge in [0.2, 0.25) is 0 Å². The van der Waals surface area contributed by atoms with Crippen molar-refractivity contribution in [3.63, 3.8) is 0 Å². The molecule has 1 heterocycles. The lowest BCUT2D eigenvalue weighted by Gasteiger charge is -2.16. The van der Waals surface area contributed by atoms with Gasteiger partial charge in [-0.2, -0.15) is 0 Å². The van der Waals surface area contributed by atoms with E-state index in [2.05, 4.69) is 4.98 Å². The Kier molecular flexibility index (Phi) is 3.46.